The predicted octanol–water partition coefficient (Wildman–Crippen LogP) is 1.12. The second kappa shape index (κ2) is 5.91. The monoisotopic (exact) mass is 320 g/mol. The minimum Gasteiger partial charge on any atom is -0.480 e. The summed E-state index contributed by atoms with van der Waals surface area (Å²) in [4.78, 5) is 38.5. The maximum absolute atomic E-state index is 12.5. The first-order valence-corrected chi connectivity index (χ1v) is 7.23. The molecule has 0 fully saturated rings. The van der Waals surface area contributed by atoms with E-state index in [-0.39, 0.29) is 12.5 Å². The van der Waals surface area contributed by atoms with Crippen molar-refractivity contribution in [3.05, 3.63) is 24.3 Å². The van der Waals surface area contributed by atoms with E-state index in [4.69, 9.17) is 4.74 Å². The van der Waals surface area contributed by atoms with Crippen LogP contribution in [0.2, 0.25) is 0 Å². The van der Waals surface area contributed by atoms with E-state index in [2.05, 4.69) is 0 Å². The molecular weight excluding hydrogens is 300 g/mol. The van der Waals surface area contributed by atoms with Crippen molar-refractivity contribution >= 4 is 23.5 Å². The van der Waals surface area contributed by atoms with Crippen LogP contribution in [0.25, 0.3) is 0 Å². The zero-order valence-corrected chi connectivity index (χ0v) is 13.6. The maximum Gasteiger partial charge on any atom is 0.329 e. The molecule has 1 aromatic carbocycles. The first-order valence-electron chi connectivity index (χ1n) is 7.23. The highest BCUT2D eigenvalue weighted by Gasteiger charge is 2.38. The van der Waals surface area contributed by atoms with E-state index in [1.165, 1.54) is 25.8 Å². The van der Waals surface area contributed by atoms with Crippen molar-refractivity contribution < 1.29 is 24.2 Å². The van der Waals surface area contributed by atoms with Gasteiger partial charge in [0.05, 0.1) is 5.69 Å². The summed E-state index contributed by atoms with van der Waals surface area (Å²) in [5.41, 5.74) is -0.858. The summed E-state index contributed by atoms with van der Waals surface area (Å²) in [7, 11) is 1.41. The van der Waals surface area contributed by atoms with Crippen molar-refractivity contribution in [3.8, 4) is 5.75 Å². The van der Waals surface area contributed by atoms with Crippen LogP contribution < -0.4 is 9.64 Å². The van der Waals surface area contributed by atoms with Gasteiger partial charge in [0.25, 0.3) is 5.91 Å². The second-order valence-electron chi connectivity index (χ2n) is 5.97. The van der Waals surface area contributed by atoms with Crippen LogP contribution in [0.1, 0.15) is 20.8 Å². The predicted molar refractivity (Wildman–Crippen MR) is 83.4 cm³/mol. The van der Waals surface area contributed by atoms with E-state index < -0.39 is 23.5 Å². The van der Waals surface area contributed by atoms with Gasteiger partial charge in [0.15, 0.2) is 6.10 Å². The van der Waals surface area contributed by atoms with Crippen LogP contribution in [0, 0.1) is 0 Å². The molecule has 1 N–H and O–H groups in total. The van der Waals surface area contributed by atoms with Crippen molar-refractivity contribution in [2.75, 3.05) is 18.5 Å². The molecule has 2 amide bonds. The Morgan fingerprint density at radius 3 is 2.57 bits per heavy atom. The molecule has 1 atom stereocenters. The number of aliphatic carboxylic acids is 1. The molecule has 0 aromatic heterocycles. The van der Waals surface area contributed by atoms with Gasteiger partial charge < -0.3 is 14.7 Å². The number of rotatable bonds is 4. The van der Waals surface area contributed by atoms with Gasteiger partial charge in [-0.1, -0.05) is 12.1 Å². The first-order chi connectivity index (χ1) is 10.7. The summed E-state index contributed by atoms with van der Waals surface area (Å²) in [5.74, 6) is -1.39. The molecule has 7 heteroatoms. The molecule has 0 saturated carbocycles. The standard InChI is InChI=1S/C16H20N2O5/c1-10-14(20)18(11-7-5-6-8-12(11)23-10)9-13(19)17(4)16(2,3)15(21)22/h5-8,10H,9H2,1-4H3,(H,21,22). The van der Waals surface area contributed by atoms with E-state index in [1.54, 1.807) is 31.2 Å². The maximum atomic E-state index is 12.5. The molecule has 1 unspecified atom stereocenters. The molecule has 23 heavy (non-hydrogen) atoms. The highest BCUT2D eigenvalue weighted by Crippen LogP contribution is 2.33. The quantitative estimate of drug-likeness (QED) is 0.898. The molecule has 2 rings (SSSR count). The van der Waals surface area contributed by atoms with Crippen molar-refractivity contribution in [3.63, 3.8) is 0 Å². The Bertz CT molecular complexity index is 656. The Hall–Kier alpha value is -2.57. The average Bonchev–Trinajstić information content (AvgIpc) is 2.50. The molecule has 124 valence electrons. The lowest BCUT2D eigenvalue weighted by atomic mass is 10.0. The van der Waals surface area contributed by atoms with Crippen LogP contribution in [0.5, 0.6) is 5.75 Å². The fourth-order valence-corrected chi connectivity index (χ4v) is 2.22. The van der Waals surface area contributed by atoms with Gasteiger partial charge in [-0.05, 0) is 32.9 Å². The third-order valence-corrected chi connectivity index (χ3v) is 4.10. The SMILES string of the molecule is CC1Oc2ccccc2N(CC(=O)N(C)C(C)(C)C(=O)O)C1=O. The minimum absolute atomic E-state index is 0.239. The topological polar surface area (TPSA) is 87.2 Å². The molecule has 1 aliphatic rings. The number of para-hydroxylation sites is 2. The molecule has 1 aromatic rings. The van der Waals surface area contributed by atoms with Crippen LogP contribution in [0.15, 0.2) is 24.3 Å². The van der Waals surface area contributed by atoms with Gasteiger partial charge in [-0.3, -0.25) is 14.5 Å². The lowest BCUT2D eigenvalue weighted by Gasteiger charge is -2.36. The largest absolute Gasteiger partial charge is 0.480 e. The average molecular weight is 320 g/mol. The van der Waals surface area contributed by atoms with Crippen molar-refractivity contribution in [1.82, 2.24) is 4.90 Å². The highest BCUT2D eigenvalue weighted by molar-refractivity contribution is 6.04. The van der Waals surface area contributed by atoms with Crippen LogP contribution >= 0.6 is 0 Å². The van der Waals surface area contributed by atoms with E-state index in [0.717, 1.165) is 4.90 Å². The van der Waals surface area contributed by atoms with Gasteiger partial charge in [0.1, 0.15) is 17.8 Å². The number of benzene rings is 1. The lowest BCUT2D eigenvalue weighted by Crippen LogP contribution is -2.55. The Morgan fingerprint density at radius 1 is 1.35 bits per heavy atom. The molecule has 0 bridgehead atoms. The number of ether oxygens (including phenoxy) is 1. The van der Waals surface area contributed by atoms with Crippen molar-refractivity contribution in [2.24, 2.45) is 0 Å². The Balaban J connectivity index is 2.27. The van der Waals surface area contributed by atoms with Gasteiger partial charge in [0, 0.05) is 7.05 Å². The lowest BCUT2D eigenvalue weighted by molar-refractivity contribution is -0.154. The molecule has 1 heterocycles. The molecule has 0 saturated heterocycles. The number of likely N-dealkylation sites (N-methyl/N-ethyl adjacent to an activating group) is 1. The van der Waals surface area contributed by atoms with Crippen LogP contribution in [-0.2, 0) is 14.4 Å². The number of fused-ring (bicyclic) bond motifs is 1. The smallest absolute Gasteiger partial charge is 0.329 e. The number of hydrogen-bond donors (Lipinski definition) is 1. The van der Waals surface area contributed by atoms with Gasteiger partial charge >= 0.3 is 5.97 Å². The summed E-state index contributed by atoms with van der Waals surface area (Å²) >= 11 is 0. The van der Waals surface area contributed by atoms with Gasteiger partial charge in [-0.15, -0.1) is 0 Å². The van der Waals surface area contributed by atoms with Gasteiger partial charge in [-0.25, -0.2) is 4.79 Å². The fraction of sp³-hybridized carbons (Fsp3) is 0.438. The fourth-order valence-electron chi connectivity index (χ4n) is 2.22. The van der Waals surface area contributed by atoms with Crippen LogP contribution in [0.4, 0.5) is 5.69 Å². The van der Waals surface area contributed by atoms with Crippen molar-refractivity contribution in [2.45, 2.75) is 32.4 Å². The summed E-state index contributed by atoms with van der Waals surface area (Å²) in [6.45, 7) is 4.24. The zero-order valence-electron chi connectivity index (χ0n) is 13.6. The third-order valence-electron chi connectivity index (χ3n) is 4.10. The first kappa shape index (κ1) is 16.8. The minimum atomic E-state index is -1.36. The number of carboxylic acids is 1. The number of nitrogens with zero attached hydrogens (tertiary/aromatic N) is 2. The number of hydrogen-bond acceptors (Lipinski definition) is 4. The molecule has 1 aliphatic heterocycles. The normalized spacial score (nSPS) is 17.3. The Labute approximate surface area is 134 Å². The second-order valence-corrected chi connectivity index (χ2v) is 5.97. The number of carboxylic acid groups (broad SMARTS) is 1. The summed E-state index contributed by atoms with van der Waals surface area (Å²) in [6, 6.07) is 6.93. The number of carbonyl (C=O) groups is 3. The number of amides is 2. The van der Waals surface area contributed by atoms with Gasteiger partial charge in [-0.2, -0.15) is 0 Å². The summed E-state index contributed by atoms with van der Waals surface area (Å²) < 4.78 is 5.51. The van der Waals surface area contributed by atoms with Crippen molar-refractivity contribution in [1.29, 1.82) is 0 Å². The van der Waals surface area contributed by atoms with Crippen LogP contribution in [-0.4, -0.2) is 53.0 Å². The Morgan fingerprint density at radius 2 is 1.96 bits per heavy atom. The third kappa shape index (κ3) is 2.99. The van der Waals surface area contributed by atoms with E-state index in [1.807, 2.05) is 0 Å². The van der Waals surface area contributed by atoms with Gasteiger partial charge in [0.2, 0.25) is 5.91 Å². The van der Waals surface area contributed by atoms with E-state index >= 15 is 0 Å². The van der Waals surface area contributed by atoms with Crippen LogP contribution in [0.3, 0.4) is 0 Å². The molecule has 7 nitrogen and oxygen atoms in total. The molecule has 0 aliphatic carbocycles. The number of anilines is 1. The number of carbonyl (C=O) groups excluding carboxylic acids is 2. The highest BCUT2D eigenvalue weighted by atomic mass is 16.5. The van der Waals surface area contributed by atoms with E-state index in [0.29, 0.717) is 11.4 Å². The zero-order chi connectivity index (χ0) is 17.4. The summed E-state index contributed by atoms with van der Waals surface area (Å²) in [5, 5.41) is 9.22. The summed E-state index contributed by atoms with van der Waals surface area (Å²) in [6.07, 6.45) is -0.699. The Kier molecular flexibility index (Phi) is 4.31. The molecule has 0 spiro atoms. The van der Waals surface area contributed by atoms with E-state index in [9.17, 15) is 19.5 Å². The molecule has 0 radical (unpaired) electrons. The molecular formula is C16H20N2O5.